The third-order valence-electron chi connectivity index (χ3n) is 6.12. The lowest BCUT2D eigenvalue weighted by Crippen LogP contribution is -2.52. The zero-order valence-corrected chi connectivity index (χ0v) is 24.4. The van der Waals surface area contributed by atoms with Gasteiger partial charge in [-0.1, -0.05) is 36.8 Å². The second-order valence-electron chi connectivity index (χ2n) is 10.4. The number of phenolic OH excluding ortho intramolecular Hbond substituents is 1. The third kappa shape index (κ3) is 9.87. The molecule has 0 radical (unpaired) electrons. The van der Waals surface area contributed by atoms with Crippen molar-refractivity contribution < 1.29 is 33.8 Å². The van der Waals surface area contributed by atoms with Gasteiger partial charge in [0.1, 0.15) is 23.4 Å². The monoisotopic (exact) mass is 565 g/mol. The van der Waals surface area contributed by atoms with Crippen LogP contribution in [0.5, 0.6) is 5.75 Å². The molecule has 220 valence electrons. The van der Waals surface area contributed by atoms with Crippen LogP contribution in [-0.2, 0) is 30.3 Å². The molecule has 0 fully saturated rings. The normalized spacial score (nSPS) is 12.3. The molecular formula is C31H39N3O7. The highest BCUT2D eigenvalue weighted by atomic mass is 16.6. The molecule has 10 nitrogen and oxygen atoms in total. The summed E-state index contributed by atoms with van der Waals surface area (Å²) in [5, 5.41) is 15.0. The number of esters is 1. The van der Waals surface area contributed by atoms with Gasteiger partial charge in [0.25, 0.3) is 5.91 Å². The summed E-state index contributed by atoms with van der Waals surface area (Å²) >= 11 is 0. The number of hydrogen-bond acceptors (Lipinski definition) is 7. The van der Waals surface area contributed by atoms with E-state index < -0.39 is 41.6 Å². The quantitative estimate of drug-likeness (QED) is 0.215. The van der Waals surface area contributed by atoms with E-state index >= 15 is 0 Å². The summed E-state index contributed by atoms with van der Waals surface area (Å²) in [6.07, 6.45) is 4.96. The van der Waals surface area contributed by atoms with Gasteiger partial charge in [0.2, 0.25) is 5.91 Å². The second kappa shape index (κ2) is 14.7. The minimum Gasteiger partial charge on any atom is -0.508 e. The number of nitrogens with zero attached hydrogens (tertiary/aromatic N) is 1. The van der Waals surface area contributed by atoms with E-state index in [4.69, 9.17) is 15.9 Å². The number of alkyl carbamates (subject to hydrolysis) is 1. The minimum absolute atomic E-state index is 0.000529. The van der Waals surface area contributed by atoms with Gasteiger partial charge in [-0.15, -0.1) is 0 Å². The number of nitrogens with one attached hydrogen (secondary N) is 2. The average molecular weight is 566 g/mol. The lowest BCUT2D eigenvalue weighted by Gasteiger charge is -2.31. The molecule has 0 heterocycles. The summed E-state index contributed by atoms with van der Waals surface area (Å²) in [5.74, 6) is -1.76. The Bertz CT molecular complexity index is 1280. The van der Waals surface area contributed by atoms with Gasteiger partial charge in [0.15, 0.2) is 0 Å². The van der Waals surface area contributed by atoms with Crippen LogP contribution < -0.4 is 10.6 Å². The Hall–Kier alpha value is -4.52. The first-order valence-corrected chi connectivity index (χ1v) is 13.3. The third-order valence-corrected chi connectivity index (χ3v) is 6.12. The molecule has 2 rings (SSSR count). The molecule has 2 unspecified atom stereocenters. The number of phenols is 1. The van der Waals surface area contributed by atoms with Crippen molar-refractivity contribution in [2.24, 2.45) is 0 Å². The molecule has 0 saturated heterocycles. The van der Waals surface area contributed by atoms with Crippen molar-refractivity contribution in [2.45, 2.75) is 72.1 Å². The van der Waals surface area contributed by atoms with Crippen LogP contribution in [0.3, 0.4) is 0 Å². The van der Waals surface area contributed by atoms with Crippen molar-refractivity contribution in [3.8, 4) is 18.2 Å². The zero-order valence-electron chi connectivity index (χ0n) is 24.4. The van der Waals surface area contributed by atoms with Crippen LogP contribution in [-0.4, -0.2) is 58.7 Å². The van der Waals surface area contributed by atoms with E-state index in [0.29, 0.717) is 11.1 Å². The number of aromatic hydroxyl groups is 1. The van der Waals surface area contributed by atoms with Gasteiger partial charge in [0.05, 0.1) is 13.0 Å². The van der Waals surface area contributed by atoms with Crippen LogP contribution in [0.4, 0.5) is 4.79 Å². The predicted molar refractivity (Wildman–Crippen MR) is 154 cm³/mol. The second-order valence-corrected chi connectivity index (χ2v) is 10.4. The Labute approximate surface area is 241 Å². The van der Waals surface area contributed by atoms with Gasteiger partial charge >= 0.3 is 12.1 Å². The average Bonchev–Trinajstić information content (AvgIpc) is 2.88. The molecule has 2 atom stereocenters. The first-order valence-electron chi connectivity index (χ1n) is 13.3. The van der Waals surface area contributed by atoms with Crippen LogP contribution in [0.15, 0.2) is 42.5 Å². The molecule has 3 N–H and O–H groups in total. The molecule has 2 aromatic rings. The molecule has 0 aliphatic rings. The lowest BCUT2D eigenvalue weighted by atomic mass is 9.95. The van der Waals surface area contributed by atoms with Crippen molar-refractivity contribution in [3.05, 3.63) is 64.7 Å². The van der Waals surface area contributed by atoms with Crippen molar-refractivity contribution in [3.63, 3.8) is 0 Å². The van der Waals surface area contributed by atoms with Gasteiger partial charge in [-0.2, -0.15) is 0 Å². The van der Waals surface area contributed by atoms with Crippen LogP contribution in [0, 0.1) is 26.3 Å². The molecule has 0 spiro atoms. The van der Waals surface area contributed by atoms with Crippen LogP contribution in [0.25, 0.3) is 0 Å². The van der Waals surface area contributed by atoms with Gasteiger partial charge in [-0.05, 0) is 75.9 Å². The van der Waals surface area contributed by atoms with E-state index in [-0.39, 0.29) is 31.7 Å². The fourth-order valence-corrected chi connectivity index (χ4v) is 4.04. The number of benzene rings is 2. The molecule has 0 bridgehead atoms. The minimum atomic E-state index is -1.27. The maximum absolute atomic E-state index is 14.0. The molecule has 41 heavy (non-hydrogen) atoms. The van der Waals surface area contributed by atoms with Crippen LogP contribution in [0.2, 0.25) is 0 Å². The summed E-state index contributed by atoms with van der Waals surface area (Å²) in [6.45, 7) is 10.6. The van der Waals surface area contributed by atoms with Crippen molar-refractivity contribution >= 4 is 23.9 Å². The number of carbonyl (C=O) groups excluding carboxylic acids is 4. The fourth-order valence-electron chi connectivity index (χ4n) is 4.04. The number of amides is 3. The van der Waals surface area contributed by atoms with Crippen molar-refractivity contribution in [2.75, 3.05) is 13.2 Å². The first-order chi connectivity index (χ1) is 19.3. The highest BCUT2D eigenvalue weighted by molar-refractivity contribution is 5.93. The first kappa shape index (κ1) is 32.7. The van der Waals surface area contributed by atoms with Crippen molar-refractivity contribution in [1.29, 1.82) is 0 Å². The maximum Gasteiger partial charge on any atom is 0.408 e. The summed E-state index contributed by atoms with van der Waals surface area (Å²) < 4.78 is 10.3. The molecule has 0 aromatic heterocycles. The van der Waals surface area contributed by atoms with Crippen LogP contribution in [0.1, 0.15) is 62.4 Å². The summed E-state index contributed by atoms with van der Waals surface area (Å²) in [4.78, 5) is 53.1. The number of hydrogen-bond donors (Lipinski definition) is 3. The number of rotatable bonds is 11. The van der Waals surface area contributed by atoms with Gasteiger partial charge in [-0.25, -0.2) is 4.79 Å². The Morgan fingerprint density at radius 3 is 2.32 bits per heavy atom. The lowest BCUT2D eigenvalue weighted by molar-refractivity contribution is -0.143. The van der Waals surface area contributed by atoms with E-state index in [0.717, 1.165) is 16.0 Å². The predicted octanol–water partition coefficient (Wildman–Crippen LogP) is 3.67. The molecule has 3 amide bonds. The molecule has 10 heteroatoms. The zero-order chi connectivity index (χ0) is 30.7. The summed E-state index contributed by atoms with van der Waals surface area (Å²) in [5.41, 5.74) is 1.91. The van der Waals surface area contributed by atoms with E-state index in [1.165, 1.54) is 12.1 Å². The molecule has 2 aromatic carbocycles. The van der Waals surface area contributed by atoms with E-state index in [9.17, 15) is 24.3 Å². The topological polar surface area (TPSA) is 134 Å². The molecule has 0 saturated carbocycles. The van der Waals surface area contributed by atoms with E-state index in [2.05, 4.69) is 16.7 Å². The molecule has 0 aliphatic carbocycles. The highest BCUT2D eigenvalue weighted by Crippen LogP contribution is 2.27. The number of carbonyl (C=O) groups is 4. The Kier molecular flexibility index (Phi) is 11.8. The Morgan fingerprint density at radius 2 is 1.73 bits per heavy atom. The number of ether oxygens (including phenoxy) is 2. The Balaban J connectivity index is 2.48. The maximum atomic E-state index is 14.0. The molecular weight excluding hydrogens is 526 g/mol. The molecule has 0 aliphatic heterocycles. The van der Waals surface area contributed by atoms with Gasteiger partial charge in [0, 0.05) is 19.0 Å². The largest absolute Gasteiger partial charge is 0.508 e. The smallest absolute Gasteiger partial charge is 0.408 e. The summed E-state index contributed by atoms with van der Waals surface area (Å²) in [6, 6.07) is 11.3. The number of terminal acetylenes is 1. The van der Waals surface area contributed by atoms with Gasteiger partial charge in [-0.3, -0.25) is 19.3 Å². The van der Waals surface area contributed by atoms with E-state index in [1.807, 2.05) is 19.9 Å². The standard InChI is InChI=1S/C31H39N3O7/c1-8-34(27(24-12-10-11-20(3)21(24)4)28(37)32-18-17-26(36)40-9-2)29(38)25(33-30(39)41-31(5,6)7)19-22-13-15-23(35)16-14-22/h1,10-16,25,27,35H,9,17-19H2,2-7H3,(H,32,37)(H,33,39). The fraction of sp³-hybridized carbons (Fsp3) is 0.419. The number of aryl methyl sites for hydroxylation is 1. The van der Waals surface area contributed by atoms with E-state index in [1.54, 1.807) is 52.0 Å². The SMILES string of the molecule is C#CN(C(=O)C(Cc1ccc(O)cc1)NC(=O)OC(C)(C)C)C(C(=O)NCCC(=O)OCC)c1cccc(C)c1C. The van der Waals surface area contributed by atoms with Crippen LogP contribution >= 0.6 is 0 Å². The van der Waals surface area contributed by atoms with Crippen molar-refractivity contribution in [1.82, 2.24) is 15.5 Å². The highest BCUT2D eigenvalue weighted by Gasteiger charge is 2.36. The summed E-state index contributed by atoms with van der Waals surface area (Å²) in [7, 11) is 0. The Morgan fingerprint density at radius 1 is 1.07 bits per heavy atom. The van der Waals surface area contributed by atoms with Gasteiger partial charge < -0.3 is 25.2 Å².